The minimum atomic E-state index is -0.492. The number of fused-ring (bicyclic) bond motifs is 1. The molecule has 1 aromatic carbocycles. The van der Waals surface area contributed by atoms with E-state index in [2.05, 4.69) is 46.4 Å². The summed E-state index contributed by atoms with van der Waals surface area (Å²) in [6.07, 6.45) is 2.45. The molecule has 1 amide bonds. The molecule has 0 saturated carbocycles. The lowest BCUT2D eigenvalue weighted by atomic mass is 10.00. The Balaban J connectivity index is 1.52. The summed E-state index contributed by atoms with van der Waals surface area (Å²) >= 11 is 0. The zero-order chi connectivity index (χ0) is 22.5. The summed E-state index contributed by atoms with van der Waals surface area (Å²) < 4.78 is 6.77. The topological polar surface area (TPSA) is 98.5 Å². The second kappa shape index (κ2) is 9.68. The average Bonchev–Trinajstić information content (AvgIpc) is 3.18. The van der Waals surface area contributed by atoms with Crippen molar-refractivity contribution in [1.82, 2.24) is 24.9 Å². The lowest BCUT2D eigenvalue weighted by Gasteiger charge is -2.15. The number of esters is 1. The van der Waals surface area contributed by atoms with Gasteiger partial charge in [0.15, 0.2) is 6.61 Å². The first kappa shape index (κ1) is 22.4. The average molecular weight is 424 g/mol. The van der Waals surface area contributed by atoms with Crippen molar-refractivity contribution in [3.8, 4) is 0 Å². The molecule has 0 unspecified atom stereocenters. The molecule has 2 aromatic heterocycles. The van der Waals surface area contributed by atoms with Crippen LogP contribution in [-0.4, -0.2) is 38.1 Å². The highest BCUT2D eigenvalue weighted by Gasteiger charge is 2.17. The SMILES string of the molecule is Cc1nc2ncnn2c(C)c1CC(=O)OCC(=O)N[C@H](C)c1ccc(CC(C)C)cc1. The van der Waals surface area contributed by atoms with Crippen LogP contribution in [0.25, 0.3) is 5.78 Å². The van der Waals surface area contributed by atoms with Crippen LogP contribution >= 0.6 is 0 Å². The van der Waals surface area contributed by atoms with Crippen LogP contribution in [0.2, 0.25) is 0 Å². The molecule has 0 aliphatic carbocycles. The third-order valence-electron chi connectivity index (χ3n) is 5.18. The summed E-state index contributed by atoms with van der Waals surface area (Å²) in [7, 11) is 0. The lowest BCUT2D eigenvalue weighted by molar-refractivity contribution is -0.148. The Morgan fingerprint density at radius 3 is 2.52 bits per heavy atom. The first-order valence-electron chi connectivity index (χ1n) is 10.4. The number of carbonyl (C=O) groups is 2. The van der Waals surface area contributed by atoms with Crippen molar-refractivity contribution >= 4 is 17.7 Å². The van der Waals surface area contributed by atoms with Gasteiger partial charge in [-0.15, -0.1) is 0 Å². The molecule has 164 valence electrons. The second-order valence-corrected chi connectivity index (χ2v) is 8.20. The smallest absolute Gasteiger partial charge is 0.310 e. The molecule has 0 bridgehead atoms. The molecule has 0 radical (unpaired) electrons. The molecule has 2 heterocycles. The van der Waals surface area contributed by atoms with Crippen LogP contribution in [0.3, 0.4) is 0 Å². The Kier molecular flexibility index (Phi) is 6.99. The van der Waals surface area contributed by atoms with Gasteiger partial charge in [0.25, 0.3) is 11.7 Å². The highest BCUT2D eigenvalue weighted by Crippen LogP contribution is 2.16. The molecular formula is C23H29N5O3. The van der Waals surface area contributed by atoms with Gasteiger partial charge in [0, 0.05) is 17.0 Å². The summed E-state index contributed by atoms with van der Waals surface area (Å²) in [5.41, 5.74) is 4.46. The van der Waals surface area contributed by atoms with Gasteiger partial charge in [0.2, 0.25) is 0 Å². The quantitative estimate of drug-likeness (QED) is 0.560. The van der Waals surface area contributed by atoms with Crippen molar-refractivity contribution in [3.05, 3.63) is 58.7 Å². The van der Waals surface area contributed by atoms with Crippen LogP contribution in [-0.2, 0) is 27.2 Å². The first-order valence-corrected chi connectivity index (χ1v) is 10.4. The fourth-order valence-electron chi connectivity index (χ4n) is 3.53. The number of carbonyl (C=O) groups excluding carboxylic acids is 2. The van der Waals surface area contributed by atoms with Crippen LogP contribution in [0, 0.1) is 19.8 Å². The molecule has 0 spiro atoms. The van der Waals surface area contributed by atoms with Crippen LogP contribution in [0.15, 0.2) is 30.6 Å². The molecule has 1 atom stereocenters. The van der Waals surface area contributed by atoms with Crippen molar-refractivity contribution in [2.75, 3.05) is 6.61 Å². The number of aryl methyl sites for hydroxylation is 2. The van der Waals surface area contributed by atoms with Crippen molar-refractivity contribution in [2.24, 2.45) is 5.92 Å². The molecule has 31 heavy (non-hydrogen) atoms. The Hall–Kier alpha value is -3.29. The number of nitrogens with one attached hydrogen (secondary N) is 1. The number of hydrogen-bond acceptors (Lipinski definition) is 6. The highest BCUT2D eigenvalue weighted by atomic mass is 16.5. The number of hydrogen-bond donors (Lipinski definition) is 1. The van der Waals surface area contributed by atoms with Crippen LogP contribution in [0.4, 0.5) is 0 Å². The van der Waals surface area contributed by atoms with Crippen molar-refractivity contribution in [1.29, 1.82) is 0 Å². The van der Waals surface area contributed by atoms with Gasteiger partial charge < -0.3 is 10.1 Å². The summed E-state index contributed by atoms with van der Waals surface area (Å²) in [6.45, 7) is 9.60. The summed E-state index contributed by atoms with van der Waals surface area (Å²) in [5, 5.41) is 6.98. The second-order valence-electron chi connectivity index (χ2n) is 8.20. The predicted octanol–water partition coefficient (Wildman–Crippen LogP) is 2.90. The van der Waals surface area contributed by atoms with Crippen molar-refractivity contribution in [2.45, 2.75) is 53.5 Å². The molecule has 3 aromatic rings. The lowest BCUT2D eigenvalue weighted by Crippen LogP contribution is -2.31. The van der Waals surface area contributed by atoms with E-state index in [0.29, 0.717) is 17.4 Å². The number of ether oxygens (including phenoxy) is 1. The van der Waals surface area contributed by atoms with Crippen molar-refractivity contribution < 1.29 is 14.3 Å². The van der Waals surface area contributed by atoms with E-state index in [9.17, 15) is 9.59 Å². The summed E-state index contributed by atoms with van der Waals surface area (Å²) in [4.78, 5) is 33.0. The molecule has 8 heteroatoms. The Morgan fingerprint density at radius 1 is 1.13 bits per heavy atom. The van der Waals surface area contributed by atoms with E-state index in [1.165, 1.54) is 11.9 Å². The van der Waals surface area contributed by atoms with Gasteiger partial charge in [0.1, 0.15) is 6.33 Å². The van der Waals surface area contributed by atoms with Gasteiger partial charge in [0.05, 0.1) is 12.5 Å². The summed E-state index contributed by atoms with van der Waals surface area (Å²) in [5.74, 6) is 0.246. The van der Waals surface area contributed by atoms with E-state index < -0.39 is 5.97 Å². The summed E-state index contributed by atoms with van der Waals surface area (Å²) in [6, 6.07) is 8.04. The fourth-order valence-corrected chi connectivity index (χ4v) is 3.53. The third kappa shape index (κ3) is 5.65. The maximum Gasteiger partial charge on any atom is 0.310 e. The normalized spacial score (nSPS) is 12.2. The minimum absolute atomic E-state index is 0.0145. The van der Waals surface area contributed by atoms with Crippen LogP contribution in [0.1, 0.15) is 54.9 Å². The van der Waals surface area contributed by atoms with Gasteiger partial charge >= 0.3 is 5.97 Å². The maximum atomic E-state index is 12.3. The molecule has 3 rings (SSSR count). The fraction of sp³-hybridized carbons (Fsp3) is 0.435. The van der Waals surface area contributed by atoms with Crippen molar-refractivity contribution in [3.63, 3.8) is 0 Å². The first-order chi connectivity index (χ1) is 14.7. The standard InChI is InChI=1S/C23H29N5O3/c1-14(2)10-18-6-8-19(9-7-18)15(3)26-21(29)12-31-22(30)11-20-16(4)27-23-24-13-25-28(23)17(20)5/h6-9,13-15H,10-12H2,1-5H3,(H,26,29)/t15-/m1/s1. The van der Waals surface area contributed by atoms with Crippen LogP contribution < -0.4 is 5.32 Å². The van der Waals surface area contributed by atoms with E-state index >= 15 is 0 Å². The van der Waals surface area contributed by atoms with Gasteiger partial charge in [-0.1, -0.05) is 38.1 Å². The number of benzene rings is 1. The molecule has 0 fully saturated rings. The highest BCUT2D eigenvalue weighted by molar-refractivity contribution is 5.81. The van der Waals surface area contributed by atoms with Gasteiger partial charge in [-0.05, 0) is 44.2 Å². The maximum absolute atomic E-state index is 12.3. The van der Waals surface area contributed by atoms with Gasteiger partial charge in [-0.2, -0.15) is 10.1 Å². The number of aromatic nitrogens is 4. The van der Waals surface area contributed by atoms with Gasteiger partial charge in [-0.3, -0.25) is 9.59 Å². The number of nitrogens with zero attached hydrogens (tertiary/aromatic N) is 4. The van der Waals surface area contributed by atoms with E-state index in [1.807, 2.05) is 32.9 Å². The Morgan fingerprint density at radius 2 is 1.84 bits per heavy atom. The number of amides is 1. The number of rotatable bonds is 8. The largest absolute Gasteiger partial charge is 0.455 e. The van der Waals surface area contributed by atoms with E-state index in [4.69, 9.17) is 4.74 Å². The van der Waals surface area contributed by atoms with E-state index in [-0.39, 0.29) is 25.0 Å². The predicted molar refractivity (Wildman–Crippen MR) is 116 cm³/mol. The Labute approximate surface area is 182 Å². The third-order valence-corrected chi connectivity index (χ3v) is 5.18. The molecule has 0 aliphatic rings. The molecule has 8 nitrogen and oxygen atoms in total. The Bertz CT molecular complexity index is 1070. The van der Waals surface area contributed by atoms with E-state index in [0.717, 1.165) is 23.2 Å². The molecule has 1 N–H and O–H groups in total. The molecular weight excluding hydrogens is 394 g/mol. The zero-order valence-electron chi connectivity index (χ0n) is 18.7. The monoisotopic (exact) mass is 423 g/mol. The van der Waals surface area contributed by atoms with Gasteiger partial charge in [-0.25, -0.2) is 9.50 Å². The molecule has 0 saturated heterocycles. The minimum Gasteiger partial charge on any atom is -0.455 e. The van der Waals surface area contributed by atoms with E-state index in [1.54, 1.807) is 4.52 Å². The van der Waals surface area contributed by atoms with Crippen LogP contribution in [0.5, 0.6) is 0 Å². The zero-order valence-corrected chi connectivity index (χ0v) is 18.7. The molecule has 0 aliphatic heterocycles.